The first-order chi connectivity index (χ1) is 9.00. The minimum Gasteiger partial charge on any atom is -0.326 e. The van der Waals surface area contributed by atoms with E-state index in [2.05, 4.69) is 19.1 Å². The molecule has 0 bridgehead atoms. The molecule has 1 fully saturated rings. The number of nitrogens with zero attached hydrogens (tertiary/aromatic N) is 1. The number of aryl methyl sites for hydroxylation is 1. The number of benzene rings is 2. The molecule has 2 aromatic carbocycles. The zero-order chi connectivity index (χ0) is 13.6. The van der Waals surface area contributed by atoms with Gasteiger partial charge < -0.3 is 4.90 Å². The molecular weight excluding hydrogens is 301 g/mol. The van der Waals surface area contributed by atoms with Gasteiger partial charge in [0.25, 0.3) is 0 Å². The maximum atomic E-state index is 6.38. The zero-order valence-electron chi connectivity index (χ0n) is 10.3. The summed E-state index contributed by atoms with van der Waals surface area (Å²) in [5.74, 6) is 0. The summed E-state index contributed by atoms with van der Waals surface area (Å²) < 4.78 is -0.886. The van der Waals surface area contributed by atoms with Crippen LogP contribution in [-0.4, -0.2) is 4.46 Å². The first-order valence-electron chi connectivity index (χ1n) is 5.99. The number of anilines is 1. The highest BCUT2D eigenvalue weighted by atomic mass is 35.5. The van der Waals surface area contributed by atoms with Crippen LogP contribution in [0.1, 0.15) is 17.2 Å². The van der Waals surface area contributed by atoms with E-state index in [4.69, 9.17) is 34.8 Å². The van der Waals surface area contributed by atoms with Gasteiger partial charge in [-0.2, -0.15) is 0 Å². The molecule has 1 atom stereocenters. The van der Waals surface area contributed by atoms with Crippen molar-refractivity contribution >= 4 is 40.5 Å². The lowest BCUT2D eigenvalue weighted by Gasteiger charge is -2.06. The molecule has 0 N–H and O–H groups in total. The number of hydrogen-bond donors (Lipinski definition) is 0. The van der Waals surface area contributed by atoms with Crippen LogP contribution >= 0.6 is 34.8 Å². The first-order valence-corrected chi connectivity index (χ1v) is 7.13. The Morgan fingerprint density at radius 2 is 1.53 bits per heavy atom. The Balaban J connectivity index is 1.92. The average molecular weight is 313 g/mol. The summed E-state index contributed by atoms with van der Waals surface area (Å²) in [7, 11) is 0. The molecule has 98 valence electrons. The molecule has 0 saturated carbocycles. The van der Waals surface area contributed by atoms with E-state index in [1.165, 1.54) is 5.56 Å². The Morgan fingerprint density at radius 3 is 2.11 bits per heavy atom. The van der Waals surface area contributed by atoms with Crippen molar-refractivity contribution in [2.24, 2.45) is 0 Å². The molecule has 1 heterocycles. The number of alkyl halides is 2. The van der Waals surface area contributed by atoms with Crippen molar-refractivity contribution in [3.63, 3.8) is 0 Å². The number of halogens is 3. The molecule has 2 aromatic rings. The van der Waals surface area contributed by atoms with Gasteiger partial charge in [-0.3, -0.25) is 0 Å². The van der Waals surface area contributed by atoms with Gasteiger partial charge in [0, 0.05) is 10.7 Å². The quantitative estimate of drug-likeness (QED) is 0.411. The summed E-state index contributed by atoms with van der Waals surface area (Å²) in [4.78, 5) is 1.98. The van der Waals surface area contributed by atoms with E-state index in [0.29, 0.717) is 5.02 Å². The lowest BCUT2D eigenvalue weighted by Crippen LogP contribution is -2.00. The summed E-state index contributed by atoms with van der Waals surface area (Å²) in [6, 6.07) is 15.8. The van der Waals surface area contributed by atoms with Crippen LogP contribution in [0.4, 0.5) is 5.69 Å². The molecular formula is C15H12Cl3N. The van der Waals surface area contributed by atoms with Crippen LogP contribution < -0.4 is 4.90 Å². The van der Waals surface area contributed by atoms with E-state index in [1.807, 2.05) is 41.3 Å². The normalized spacial score (nSPS) is 20.4. The molecule has 4 heteroatoms. The number of rotatable bonds is 2. The van der Waals surface area contributed by atoms with Gasteiger partial charge in [-0.1, -0.05) is 64.6 Å². The van der Waals surface area contributed by atoms with E-state index in [0.717, 1.165) is 11.3 Å². The highest BCUT2D eigenvalue weighted by Gasteiger charge is 2.62. The van der Waals surface area contributed by atoms with Crippen LogP contribution in [0, 0.1) is 6.92 Å². The predicted molar refractivity (Wildman–Crippen MR) is 82.3 cm³/mol. The largest absolute Gasteiger partial charge is 0.326 e. The average Bonchev–Trinajstić information content (AvgIpc) is 2.94. The van der Waals surface area contributed by atoms with Gasteiger partial charge in [0.05, 0.1) is 0 Å². The summed E-state index contributed by atoms with van der Waals surface area (Å²) in [6.45, 7) is 2.05. The van der Waals surface area contributed by atoms with Crippen molar-refractivity contribution in [1.82, 2.24) is 0 Å². The Hall–Kier alpha value is -0.890. The summed E-state index contributed by atoms with van der Waals surface area (Å²) in [6.07, 6.45) is 0. The van der Waals surface area contributed by atoms with Crippen molar-refractivity contribution < 1.29 is 0 Å². The lowest BCUT2D eigenvalue weighted by molar-refractivity contribution is 1.10. The second-order valence-corrected chi connectivity index (χ2v) is 6.53. The first kappa shape index (κ1) is 13.1. The Bertz CT molecular complexity index is 536. The fraction of sp³-hybridized carbons (Fsp3) is 0.200. The molecule has 0 spiro atoms. The molecule has 1 unspecified atom stereocenters. The third-order valence-electron chi connectivity index (χ3n) is 3.34. The SMILES string of the molecule is Cc1ccc(N2C(c3ccc(Cl)cc3)C2(Cl)Cl)cc1. The van der Waals surface area contributed by atoms with Crippen molar-refractivity contribution in [1.29, 1.82) is 0 Å². The third kappa shape index (κ3) is 2.31. The van der Waals surface area contributed by atoms with E-state index < -0.39 is 4.46 Å². The van der Waals surface area contributed by atoms with Gasteiger partial charge in [-0.15, -0.1) is 0 Å². The van der Waals surface area contributed by atoms with Crippen molar-refractivity contribution in [2.45, 2.75) is 17.4 Å². The van der Waals surface area contributed by atoms with Crippen LogP contribution in [0.25, 0.3) is 0 Å². The molecule has 0 amide bonds. The molecule has 0 aromatic heterocycles. The fourth-order valence-electron chi connectivity index (χ4n) is 2.27. The van der Waals surface area contributed by atoms with Crippen LogP contribution in [-0.2, 0) is 0 Å². The Morgan fingerprint density at radius 1 is 0.947 bits per heavy atom. The van der Waals surface area contributed by atoms with Gasteiger partial charge in [0.1, 0.15) is 6.04 Å². The minimum atomic E-state index is -0.886. The highest BCUT2D eigenvalue weighted by molar-refractivity contribution is 6.53. The predicted octanol–water partition coefficient (Wildman–Crippen LogP) is 5.34. The monoisotopic (exact) mass is 311 g/mol. The van der Waals surface area contributed by atoms with Gasteiger partial charge in [-0.05, 0) is 36.8 Å². The zero-order valence-corrected chi connectivity index (χ0v) is 12.5. The van der Waals surface area contributed by atoms with Crippen LogP contribution in [0.15, 0.2) is 48.5 Å². The van der Waals surface area contributed by atoms with Gasteiger partial charge in [0.15, 0.2) is 0 Å². The minimum absolute atomic E-state index is 0.0317. The standard InChI is InChI=1S/C15H12Cl3N/c1-10-2-8-13(9-3-10)19-14(15(19,17)18)11-4-6-12(16)7-5-11/h2-9,14H,1H3. The molecule has 0 aliphatic carbocycles. The molecule has 1 aliphatic heterocycles. The summed E-state index contributed by atoms with van der Waals surface area (Å²) in [5, 5.41) is 0.709. The van der Waals surface area contributed by atoms with Crippen molar-refractivity contribution in [3.8, 4) is 0 Å². The second-order valence-electron chi connectivity index (χ2n) is 4.75. The van der Waals surface area contributed by atoms with Crippen molar-refractivity contribution in [2.75, 3.05) is 4.90 Å². The topological polar surface area (TPSA) is 3.01 Å². The molecule has 1 nitrogen and oxygen atoms in total. The maximum absolute atomic E-state index is 6.38. The van der Waals surface area contributed by atoms with E-state index in [9.17, 15) is 0 Å². The summed E-state index contributed by atoms with van der Waals surface area (Å²) >= 11 is 18.7. The van der Waals surface area contributed by atoms with E-state index in [-0.39, 0.29) is 6.04 Å². The lowest BCUT2D eigenvalue weighted by atomic mass is 10.1. The summed E-state index contributed by atoms with van der Waals surface area (Å²) in [5.41, 5.74) is 3.30. The Kier molecular flexibility index (Phi) is 3.17. The highest BCUT2D eigenvalue weighted by Crippen LogP contribution is 2.61. The van der Waals surface area contributed by atoms with Crippen molar-refractivity contribution in [3.05, 3.63) is 64.7 Å². The van der Waals surface area contributed by atoms with E-state index in [1.54, 1.807) is 0 Å². The maximum Gasteiger partial charge on any atom is 0.215 e. The Labute approximate surface area is 127 Å². The van der Waals surface area contributed by atoms with Crippen LogP contribution in [0.2, 0.25) is 5.02 Å². The third-order valence-corrected chi connectivity index (χ3v) is 4.37. The van der Waals surface area contributed by atoms with Gasteiger partial charge in [0.2, 0.25) is 4.46 Å². The molecule has 19 heavy (non-hydrogen) atoms. The molecule has 0 radical (unpaired) electrons. The molecule has 1 saturated heterocycles. The second kappa shape index (κ2) is 4.59. The number of hydrogen-bond acceptors (Lipinski definition) is 1. The van der Waals surface area contributed by atoms with Crippen LogP contribution in [0.3, 0.4) is 0 Å². The molecule has 3 rings (SSSR count). The van der Waals surface area contributed by atoms with Gasteiger partial charge in [-0.25, -0.2) is 0 Å². The van der Waals surface area contributed by atoms with Crippen LogP contribution in [0.5, 0.6) is 0 Å². The van der Waals surface area contributed by atoms with E-state index >= 15 is 0 Å². The molecule has 1 aliphatic rings. The fourth-order valence-corrected chi connectivity index (χ4v) is 3.13. The van der Waals surface area contributed by atoms with Gasteiger partial charge >= 0.3 is 0 Å². The smallest absolute Gasteiger partial charge is 0.215 e.